The Labute approximate surface area is 151 Å². The minimum atomic E-state index is 0.488. The van der Waals surface area contributed by atoms with E-state index >= 15 is 0 Å². The molecular weight excluding hydrogens is 324 g/mol. The first-order valence-corrected chi connectivity index (χ1v) is 9.31. The SMILES string of the molecule is C[C@H]1CC[C@@H](Nc2ncc3c(-c4ccn5nccc5c4)c[nH]c3n2)CC1. The second-order valence-corrected chi connectivity index (χ2v) is 7.38. The van der Waals surface area contributed by atoms with Crippen LogP contribution < -0.4 is 5.32 Å². The van der Waals surface area contributed by atoms with Crippen molar-refractivity contribution in [3.63, 3.8) is 0 Å². The second kappa shape index (κ2) is 6.12. The summed E-state index contributed by atoms with van der Waals surface area (Å²) in [6.45, 7) is 2.33. The van der Waals surface area contributed by atoms with Gasteiger partial charge in [0.05, 0.1) is 5.52 Å². The topological polar surface area (TPSA) is 70.9 Å². The van der Waals surface area contributed by atoms with Crippen molar-refractivity contribution in [2.75, 3.05) is 5.32 Å². The third kappa shape index (κ3) is 2.71. The van der Waals surface area contributed by atoms with Crippen molar-refractivity contribution in [3.05, 3.63) is 43.0 Å². The molecule has 4 aromatic heterocycles. The zero-order valence-corrected chi connectivity index (χ0v) is 14.8. The number of rotatable bonds is 3. The number of aromatic nitrogens is 5. The van der Waals surface area contributed by atoms with E-state index in [0.717, 1.165) is 39.5 Å². The largest absolute Gasteiger partial charge is 0.351 e. The number of nitrogens with one attached hydrogen (secondary N) is 2. The van der Waals surface area contributed by atoms with Crippen molar-refractivity contribution in [1.82, 2.24) is 24.6 Å². The first-order chi connectivity index (χ1) is 12.8. The van der Waals surface area contributed by atoms with Crippen molar-refractivity contribution in [1.29, 1.82) is 0 Å². The average molecular weight is 346 g/mol. The first kappa shape index (κ1) is 15.4. The molecule has 0 saturated heterocycles. The van der Waals surface area contributed by atoms with E-state index in [9.17, 15) is 0 Å². The number of fused-ring (bicyclic) bond motifs is 2. The van der Waals surface area contributed by atoms with E-state index in [1.165, 1.54) is 25.7 Å². The molecule has 4 aromatic rings. The van der Waals surface area contributed by atoms with Crippen LogP contribution in [0.2, 0.25) is 0 Å². The van der Waals surface area contributed by atoms with Crippen molar-refractivity contribution >= 4 is 22.5 Å². The van der Waals surface area contributed by atoms with Crippen LogP contribution in [0.5, 0.6) is 0 Å². The number of pyridine rings is 1. The van der Waals surface area contributed by atoms with Gasteiger partial charge >= 0.3 is 0 Å². The van der Waals surface area contributed by atoms with Crippen molar-refractivity contribution < 1.29 is 0 Å². The summed E-state index contributed by atoms with van der Waals surface area (Å²) in [5.74, 6) is 1.56. The molecule has 4 heterocycles. The fourth-order valence-electron chi connectivity index (χ4n) is 3.89. The van der Waals surface area contributed by atoms with Gasteiger partial charge in [-0.3, -0.25) is 0 Å². The lowest BCUT2D eigenvalue weighted by Gasteiger charge is -2.26. The van der Waals surface area contributed by atoms with Gasteiger partial charge in [-0.2, -0.15) is 10.1 Å². The zero-order valence-electron chi connectivity index (χ0n) is 14.8. The fourth-order valence-corrected chi connectivity index (χ4v) is 3.89. The Hall–Kier alpha value is -2.89. The molecule has 6 heteroatoms. The maximum absolute atomic E-state index is 4.69. The molecule has 1 fully saturated rings. The van der Waals surface area contributed by atoms with E-state index in [-0.39, 0.29) is 0 Å². The van der Waals surface area contributed by atoms with Crippen LogP contribution in [0.4, 0.5) is 5.95 Å². The average Bonchev–Trinajstić information content (AvgIpc) is 3.29. The summed E-state index contributed by atoms with van der Waals surface area (Å²) in [7, 11) is 0. The number of nitrogens with zero attached hydrogens (tertiary/aromatic N) is 4. The van der Waals surface area contributed by atoms with E-state index in [1.807, 2.05) is 29.2 Å². The lowest BCUT2D eigenvalue weighted by Crippen LogP contribution is -2.26. The van der Waals surface area contributed by atoms with E-state index < -0.39 is 0 Å². The molecule has 0 atom stereocenters. The van der Waals surface area contributed by atoms with Gasteiger partial charge in [-0.25, -0.2) is 9.50 Å². The molecule has 0 radical (unpaired) electrons. The molecule has 0 aliphatic heterocycles. The van der Waals surface area contributed by atoms with Gasteiger partial charge in [-0.1, -0.05) is 6.92 Å². The fraction of sp³-hybridized carbons (Fsp3) is 0.350. The highest BCUT2D eigenvalue weighted by molar-refractivity contribution is 5.94. The second-order valence-electron chi connectivity index (χ2n) is 7.38. The standard InChI is InChI=1S/C20H22N6/c1-13-2-4-15(5-3-13)24-20-22-12-18-17(11-21-19(18)25-20)14-7-9-26-16(10-14)6-8-23-26/h6-13,15H,2-5H2,1H3,(H2,21,22,24,25)/t13-,15+. The summed E-state index contributed by atoms with van der Waals surface area (Å²) in [6, 6.07) is 6.69. The molecule has 0 spiro atoms. The van der Waals surface area contributed by atoms with Crippen LogP contribution in [0.3, 0.4) is 0 Å². The summed E-state index contributed by atoms with van der Waals surface area (Å²) >= 11 is 0. The highest BCUT2D eigenvalue weighted by Crippen LogP contribution is 2.29. The van der Waals surface area contributed by atoms with Crippen LogP contribution in [0.15, 0.2) is 43.0 Å². The van der Waals surface area contributed by atoms with Crippen molar-refractivity contribution in [3.8, 4) is 11.1 Å². The number of hydrogen-bond donors (Lipinski definition) is 2. The molecule has 6 nitrogen and oxygen atoms in total. The van der Waals surface area contributed by atoms with Crippen LogP contribution >= 0.6 is 0 Å². The predicted octanol–water partition coefficient (Wildman–Crippen LogP) is 4.26. The Kier molecular flexibility index (Phi) is 3.62. The maximum atomic E-state index is 4.69. The molecule has 1 aliphatic rings. The van der Waals surface area contributed by atoms with Gasteiger partial charge in [-0.05, 0) is 55.4 Å². The van der Waals surface area contributed by atoms with Crippen LogP contribution in [0.1, 0.15) is 32.6 Å². The summed E-state index contributed by atoms with van der Waals surface area (Å²) < 4.78 is 1.86. The number of aromatic amines is 1. The minimum absolute atomic E-state index is 0.488. The number of H-pyrrole nitrogens is 1. The Morgan fingerprint density at radius 1 is 1.19 bits per heavy atom. The molecule has 132 valence electrons. The molecule has 0 amide bonds. The Balaban J connectivity index is 1.44. The van der Waals surface area contributed by atoms with Gasteiger partial charge in [0.1, 0.15) is 5.65 Å². The summed E-state index contributed by atoms with van der Waals surface area (Å²) in [5, 5.41) is 8.80. The highest BCUT2D eigenvalue weighted by Gasteiger charge is 2.19. The van der Waals surface area contributed by atoms with Crippen LogP contribution in [-0.2, 0) is 0 Å². The summed E-state index contributed by atoms with van der Waals surface area (Å²) in [6.07, 6.45) is 12.7. The third-order valence-corrected chi connectivity index (χ3v) is 5.49. The summed E-state index contributed by atoms with van der Waals surface area (Å²) in [5.41, 5.74) is 4.19. The molecule has 0 unspecified atom stereocenters. The zero-order chi connectivity index (χ0) is 17.5. The highest BCUT2D eigenvalue weighted by atomic mass is 15.2. The van der Waals surface area contributed by atoms with Crippen molar-refractivity contribution in [2.45, 2.75) is 38.6 Å². The monoisotopic (exact) mass is 346 g/mol. The van der Waals surface area contributed by atoms with Gasteiger partial charge in [0.2, 0.25) is 5.95 Å². The van der Waals surface area contributed by atoms with Crippen molar-refractivity contribution in [2.24, 2.45) is 5.92 Å². The quantitative estimate of drug-likeness (QED) is 0.581. The van der Waals surface area contributed by atoms with Gasteiger partial charge in [-0.15, -0.1) is 0 Å². The van der Waals surface area contributed by atoms with Gasteiger partial charge in [0, 0.05) is 41.8 Å². The van der Waals surface area contributed by atoms with E-state index in [4.69, 9.17) is 4.98 Å². The third-order valence-electron chi connectivity index (χ3n) is 5.49. The molecule has 0 bridgehead atoms. The van der Waals surface area contributed by atoms with Gasteiger partial charge < -0.3 is 10.3 Å². The Morgan fingerprint density at radius 2 is 2.08 bits per heavy atom. The van der Waals surface area contributed by atoms with E-state index in [1.54, 1.807) is 6.20 Å². The first-order valence-electron chi connectivity index (χ1n) is 9.31. The van der Waals surface area contributed by atoms with E-state index in [2.05, 4.69) is 39.4 Å². The Morgan fingerprint density at radius 3 is 2.96 bits per heavy atom. The van der Waals surface area contributed by atoms with Crippen LogP contribution in [-0.4, -0.2) is 30.6 Å². The summed E-state index contributed by atoms with van der Waals surface area (Å²) in [4.78, 5) is 12.6. The molecule has 5 rings (SSSR count). The molecule has 26 heavy (non-hydrogen) atoms. The predicted molar refractivity (Wildman–Crippen MR) is 103 cm³/mol. The lowest BCUT2D eigenvalue weighted by atomic mass is 9.87. The molecule has 2 N–H and O–H groups in total. The Bertz CT molecular complexity index is 1050. The smallest absolute Gasteiger partial charge is 0.224 e. The lowest BCUT2D eigenvalue weighted by molar-refractivity contribution is 0.360. The van der Waals surface area contributed by atoms with Gasteiger partial charge in [0.25, 0.3) is 0 Å². The van der Waals surface area contributed by atoms with Gasteiger partial charge in [0.15, 0.2) is 0 Å². The van der Waals surface area contributed by atoms with Crippen LogP contribution in [0.25, 0.3) is 27.7 Å². The minimum Gasteiger partial charge on any atom is -0.351 e. The maximum Gasteiger partial charge on any atom is 0.224 e. The number of anilines is 1. The van der Waals surface area contributed by atoms with Crippen LogP contribution in [0, 0.1) is 5.92 Å². The number of hydrogen-bond acceptors (Lipinski definition) is 4. The van der Waals surface area contributed by atoms with E-state index in [0.29, 0.717) is 6.04 Å². The molecule has 1 aliphatic carbocycles. The normalized spacial score (nSPS) is 20.7. The molecule has 1 saturated carbocycles. The molecule has 0 aromatic carbocycles. The molecular formula is C20H22N6.